The molecule has 5 rings (SSSR count). The van der Waals surface area contributed by atoms with Crippen LogP contribution in [0.5, 0.6) is 0 Å². The molecule has 1 aliphatic heterocycles. The van der Waals surface area contributed by atoms with E-state index in [0.29, 0.717) is 43.4 Å². The summed E-state index contributed by atoms with van der Waals surface area (Å²) in [6, 6.07) is 21.5. The first-order valence-electron chi connectivity index (χ1n) is 10.8. The number of benzene rings is 3. The normalized spacial score (nSPS) is 22.2. The number of nitrogens with one attached hydrogen (secondary N) is 1. The highest BCUT2D eigenvalue weighted by Crippen LogP contribution is 2.46. The lowest BCUT2D eigenvalue weighted by Gasteiger charge is -2.41. The second-order valence-corrected chi connectivity index (χ2v) is 9.29. The minimum atomic E-state index is -1.11. The van der Waals surface area contributed by atoms with Gasteiger partial charge in [0, 0.05) is 26.8 Å². The first-order chi connectivity index (χ1) is 16.4. The van der Waals surface area contributed by atoms with Crippen LogP contribution in [0, 0.1) is 0 Å². The molecule has 1 fully saturated rings. The van der Waals surface area contributed by atoms with Gasteiger partial charge in [0.25, 0.3) is 5.91 Å². The number of halogens is 2. The van der Waals surface area contributed by atoms with Crippen molar-refractivity contribution in [1.82, 2.24) is 5.32 Å². The summed E-state index contributed by atoms with van der Waals surface area (Å²) in [5.41, 5.74) is 2.23. The van der Waals surface area contributed by atoms with Gasteiger partial charge in [-0.05, 0) is 53.8 Å². The van der Waals surface area contributed by atoms with Crippen molar-refractivity contribution in [3.8, 4) is 0 Å². The first kappa shape index (κ1) is 22.3. The number of rotatable bonds is 2. The molecule has 0 bridgehead atoms. The number of hydrogen-bond donors (Lipinski definition) is 1. The van der Waals surface area contributed by atoms with Gasteiger partial charge < -0.3 is 0 Å². The average molecular weight is 488 g/mol. The molecule has 0 aromatic heterocycles. The summed E-state index contributed by atoms with van der Waals surface area (Å²) in [4.78, 5) is 39.6. The van der Waals surface area contributed by atoms with Gasteiger partial charge in [0.1, 0.15) is 0 Å². The summed E-state index contributed by atoms with van der Waals surface area (Å²) >= 11 is 12.7. The molecule has 4 nitrogen and oxygen atoms in total. The maximum Gasteiger partial charge on any atom is 0.253 e. The van der Waals surface area contributed by atoms with Crippen molar-refractivity contribution in [3.05, 3.63) is 116 Å². The number of carbonyl (C=O) groups is 3. The van der Waals surface area contributed by atoms with Gasteiger partial charge in [-0.3, -0.25) is 19.7 Å². The topological polar surface area (TPSA) is 63.2 Å². The highest BCUT2D eigenvalue weighted by Gasteiger charge is 2.51. The molecule has 0 radical (unpaired) electrons. The zero-order chi connectivity index (χ0) is 23.9. The van der Waals surface area contributed by atoms with E-state index in [2.05, 4.69) is 5.32 Å². The molecular formula is C28H19Cl2NO3. The molecule has 168 valence electrons. The summed E-state index contributed by atoms with van der Waals surface area (Å²) in [7, 11) is 0. The van der Waals surface area contributed by atoms with E-state index >= 15 is 0 Å². The van der Waals surface area contributed by atoms with Crippen molar-refractivity contribution in [1.29, 1.82) is 0 Å². The van der Waals surface area contributed by atoms with Crippen LogP contribution >= 0.6 is 23.2 Å². The Morgan fingerprint density at radius 2 is 1.24 bits per heavy atom. The number of imide groups is 1. The zero-order valence-corrected chi connectivity index (χ0v) is 19.5. The van der Waals surface area contributed by atoms with E-state index in [1.807, 2.05) is 36.4 Å². The molecule has 3 aromatic rings. The monoisotopic (exact) mass is 487 g/mol. The number of ketones is 1. The molecule has 1 atom stereocenters. The second kappa shape index (κ2) is 8.71. The number of fused-ring (bicyclic) bond motifs is 2. The Labute approximate surface area is 206 Å². The van der Waals surface area contributed by atoms with Gasteiger partial charge in [-0.1, -0.05) is 83.9 Å². The van der Waals surface area contributed by atoms with Gasteiger partial charge in [0.2, 0.25) is 5.91 Å². The highest BCUT2D eigenvalue weighted by molar-refractivity contribution is 6.32. The molecule has 0 saturated carbocycles. The van der Waals surface area contributed by atoms with Crippen LogP contribution in [0.1, 0.15) is 39.9 Å². The summed E-state index contributed by atoms with van der Waals surface area (Å²) in [6.45, 7) is 0. The predicted molar refractivity (Wildman–Crippen MR) is 134 cm³/mol. The molecule has 1 saturated heterocycles. The quantitative estimate of drug-likeness (QED) is 0.354. The largest absolute Gasteiger partial charge is 0.292 e. The highest BCUT2D eigenvalue weighted by atomic mass is 35.5. The number of piperidine rings is 1. The Bertz CT molecular complexity index is 1420. The van der Waals surface area contributed by atoms with E-state index < -0.39 is 17.2 Å². The van der Waals surface area contributed by atoms with Gasteiger partial charge in [0.05, 0.1) is 5.41 Å². The van der Waals surface area contributed by atoms with Crippen molar-refractivity contribution >= 4 is 53.0 Å². The molecule has 1 aliphatic carbocycles. The first-order valence-corrected chi connectivity index (χ1v) is 11.5. The summed E-state index contributed by atoms with van der Waals surface area (Å²) < 4.78 is 0. The fourth-order valence-corrected chi connectivity index (χ4v) is 5.09. The Morgan fingerprint density at radius 1 is 0.706 bits per heavy atom. The van der Waals surface area contributed by atoms with Gasteiger partial charge in [-0.25, -0.2) is 0 Å². The van der Waals surface area contributed by atoms with Crippen molar-refractivity contribution in [3.63, 3.8) is 0 Å². The van der Waals surface area contributed by atoms with Gasteiger partial charge >= 0.3 is 0 Å². The van der Waals surface area contributed by atoms with Crippen molar-refractivity contribution in [2.24, 2.45) is 0 Å². The molecule has 0 unspecified atom stereocenters. The van der Waals surface area contributed by atoms with E-state index in [0.717, 1.165) is 0 Å². The Balaban J connectivity index is 1.67. The Hall–Kier alpha value is -3.47. The van der Waals surface area contributed by atoms with E-state index in [4.69, 9.17) is 23.2 Å². The molecular weight excluding hydrogens is 469 g/mol. The van der Waals surface area contributed by atoms with E-state index in [1.54, 1.807) is 48.6 Å². The molecule has 2 aliphatic rings. The predicted octanol–water partition coefficient (Wildman–Crippen LogP) is 6.03. The molecule has 3 aromatic carbocycles. The van der Waals surface area contributed by atoms with Crippen LogP contribution in [0.15, 0.2) is 83.9 Å². The summed E-state index contributed by atoms with van der Waals surface area (Å²) in [5.74, 6) is -1.03. The summed E-state index contributed by atoms with van der Waals surface area (Å²) in [5, 5.41) is 3.55. The smallest absolute Gasteiger partial charge is 0.253 e. The lowest BCUT2D eigenvalue weighted by Crippen LogP contribution is -2.54. The van der Waals surface area contributed by atoms with Gasteiger partial charge in [-0.15, -0.1) is 0 Å². The molecule has 2 amide bonds. The fourth-order valence-electron chi connectivity index (χ4n) is 4.71. The fraction of sp³-hybridized carbons (Fsp3) is 0.107. The maximum absolute atomic E-state index is 13.4. The van der Waals surface area contributed by atoms with Crippen molar-refractivity contribution in [2.45, 2.75) is 18.3 Å². The Kier molecular flexibility index (Phi) is 5.72. The number of Topliss-reactive ketones (excluding diaryl/α,β-unsaturated/α-hetero) is 1. The van der Waals surface area contributed by atoms with Crippen LogP contribution in [0.2, 0.25) is 10.0 Å². The Morgan fingerprint density at radius 3 is 1.88 bits per heavy atom. The lowest BCUT2D eigenvalue weighted by atomic mass is 9.62. The third kappa shape index (κ3) is 3.79. The minimum absolute atomic E-state index is 0.146. The number of amides is 2. The molecule has 34 heavy (non-hydrogen) atoms. The zero-order valence-electron chi connectivity index (χ0n) is 18.0. The van der Waals surface area contributed by atoms with Crippen LogP contribution < -0.4 is 5.32 Å². The minimum Gasteiger partial charge on any atom is -0.292 e. The average Bonchev–Trinajstić information content (AvgIpc) is 2.83. The third-order valence-corrected chi connectivity index (χ3v) is 7.08. The van der Waals surface area contributed by atoms with Crippen LogP contribution in [-0.4, -0.2) is 17.6 Å². The number of carbonyl (C=O) groups excluding carboxylic acids is 3. The van der Waals surface area contributed by atoms with Crippen LogP contribution in [-0.2, 0) is 15.0 Å². The third-order valence-electron chi connectivity index (χ3n) is 6.39. The van der Waals surface area contributed by atoms with E-state index in [-0.39, 0.29) is 18.6 Å². The number of hydrogen-bond acceptors (Lipinski definition) is 3. The SMILES string of the molecule is O=C1NC(=O)[C@]2(C/C1=C\c1ccccc1Cl)C/C(=C\c1ccccc1Cl)C(=O)c1ccccc12. The second-order valence-electron chi connectivity index (χ2n) is 8.48. The van der Waals surface area contributed by atoms with Crippen LogP contribution in [0.3, 0.4) is 0 Å². The van der Waals surface area contributed by atoms with E-state index in [1.165, 1.54) is 0 Å². The number of allylic oxidation sites excluding steroid dienone is 1. The summed E-state index contributed by atoms with van der Waals surface area (Å²) in [6.07, 6.45) is 3.74. The molecule has 6 heteroatoms. The van der Waals surface area contributed by atoms with E-state index in [9.17, 15) is 14.4 Å². The van der Waals surface area contributed by atoms with Crippen LogP contribution in [0.4, 0.5) is 0 Å². The van der Waals surface area contributed by atoms with Crippen molar-refractivity contribution < 1.29 is 14.4 Å². The van der Waals surface area contributed by atoms with Gasteiger partial charge in [-0.2, -0.15) is 0 Å². The maximum atomic E-state index is 13.4. The van der Waals surface area contributed by atoms with Crippen LogP contribution in [0.25, 0.3) is 12.2 Å². The lowest BCUT2D eigenvalue weighted by molar-refractivity contribution is -0.135. The molecule has 1 spiro atoms. The standard InChI is InChI=1S/C28H19Cl2NO3/c29-23-11-5-1-7-17(23)13-19-15-28(22-10-4-3-9-21(22)25(19)32)16-20(26(33)31-27(28)34)14-18-8-2-6-12-24(18)30/h1-14H,15-16H2,(H,31,33,34)/b19-13+,20-14+/t28-/m0/s1. The molecule has 1 heterocycles. The van der Waals surface area contributed by atoms with Gasteiger partial charge in [0.15, 0.2) is 5.78 Å². The van der Waals surface area contributed by atoms with Crippen molar-refractivity contribution in [2.75, 3.05) is 0 Å². The molecule has 1 N–H and O–H groups in total.